The quantitative estimate of drug-likeness (QED) is 0.743. The van der Waals surface area contributed by atoms with Crippen LogP contribution in [0, 0.1) is 12.7 Å². The molecule has 1 aromatic heterocycles. The van der Waals surface area contributed by atoms with Gasteiger partial charge in [0, 0.05) is 28.7 Å². The largest absolute Gasteiger partial charge is 0.381 e. The van der Waals surface area contributed by atoms with Crippen molar-refractivity contribution in [3.63, 3.8) is 0 Å². The van der Waals surface area contributed by atoms with Gasteiger partial charge in [0.15, 0.2) is 0 Å². The first-order valence-electron chi connectivity index (χ1n) is 6.72. The third-order valence-corrected chi connectivity index (χ3v) is 3.99. The Labute approximate surface area is 127 Å². The van der Waals surface area contributed by atoms with E-state index in [9.17, 15) is 4.39 Å². The lowest BCUT2D eigenvalue weighted by atomic mass is 10.1. The Kier molecular flexibility index (Phi) is 3.97. The molecular formula is C17H15FN2S. The van der Waals surface area contributed by atoms with E-state index in [1.54, 1.807) is 23.5 Å². The minimum atomic E-state index is -0.184. The fraction of sp³-hybridized carbons (Fsp3) is 0.118. The molecule has 0 bridgehead atoms. The van der Waals surface area contributed by atoms with Crippen molar-refractivity contribution in [1.29, 1.82) is 0 Å². The number of thiazole rings is 1. The maximum atomic E-state index is 13.6. The molecule has 0 saturated heterocycles. The lowest BCUT2D eigenvalue weighted by Crippen LogP contribution is -2.01. The fourth-order valence-electron chi connectivity index (χ4n) is 2.12. The second-order valence-electron chi connectivity index (χ2n) is 4.78. The van der Waals surface area contributed by atoms with E-state index < -0.39 is 0 Å². The first-order valence-corrected chi connectivity index (χ1v) is 7.60. The molecule has 21 heavy (non-hydrogen) atoms. The molecule has 0 atom stereocenters. The molecule has 0 aliphatic rings. The van der Waals surface area contributed by atoms with Crippen molar-refractivity contribution in [1.82, 2.24) is 4.98 Å². The van der Waals surface area contributed by atoms with Gasteiger partial charge in [0.05, 0.1) is 10.7 Å². The number of benzene rings is 2. The van der Waals surface area contributed by atoms with Crippen molar-refractivity contribution in [3.05, 3.63) is 70.3 Å². The number of hydrogen-bond donors (Lipinski definition) is 1. The Bertz CT molecular complexity index is 752. The third-order valence-electron chi connectivity index (χ3n) is 3.22. The number of nitrogens with one attached hydrogen (secondary N) is 1. The van der Waals surface area contributed by atoms with Crippen LogP contribution in [-0.4, -0.2) is 4.98 Å². The van der Waals surface area contributed by atoms with Crippen LogP contribution in [0.3, 0.4) is 0 Å². The van der Waals surface area contributed by atoms with E-state index in [0.717, 1.165) is 22.0 Å². The zero-order chi connectivity index (χ0) is 14.7. The Hall–Kier alpha value is -2.20. The molecule has 1 N–H and O–H groups in total. The van der Waals surface area contributed by atoms with Crippen LogP contribution in [0.2, 0.25) is 0 Å². The first-order chi connectivity index (χ1) is 10.2. The van der Waals surface area contributed by atoms with Crippen LogP contribution in [0.4, 0.5) is 10.1 Å². The molecule has 2 nitrogen and oxygen atoms in total. The molecule has 0 saturated carbocycles. The van der Waals surface area contributed by atoms with Gasteiger partial charge in [-0.2, -0.15) is 0 Å². The van der Waals surface area contributed by atoms with Gasteiger partial charge in [0.1, 0.15) is 5.82 Å². The van der Waals surface area contributed by atoms with Gasteiger partial charge in [-0.3, -0.25) is 0 Å². The summed E-state index contributed by atoms with van der Waals surface area (Å²) >= 11 is 1.64. The smallest absolute Gasteiger partial charge is 0.128 e. The van der Waals surface area contributed by atoms with Crippen LogP contribution in [0.5, 0.6) is 0 Å². The van der Waals surface area contributed by atoms with E-state index in [-0.39, 0.29) is 5.82 Å². The zero-order valence-electron chi connectivity index (χ0n) is 11.6. The highest BCUT2D eigenvalue weighted by atomic mass is 32.1. The van der Waals surface area contributed by atoms with Gasteiger partial charge in [-0.1, -0.05) is 30.3 Å². The molecular weight excluding hydrogens is 283 g/mol. The molecule has 0 aliphatic heterocycles. The van der Waals surface area contributed by atoms with Gasteiger partial charge in [0.2, 0.25) is 0 Å². The minimum absolute atomic E-state index is 0.184. The van der Waals surface area contributed by atoms with E-state index in [1.165, 1.54) is 6.07 Å². The minimum Gasteiger partial charge on any atom is -0.381 e. The number of aryl methyl sites for hydroxylation is 1. The number of rotatable bonds is 4. The number of anilines is 1. The normalized spacial score (nSPS) is 10.6. The topological polar surface area (TPSA) is 24.9 Å². The standard InChI is InChI=1S/C17H15FN2S/c1-12-20-17(11-21-12)13-6-4-7-15(9-13)19-10-14-5-2-3-8-16(14)18/h2-9,11,19H,10H2,1H3. The van der Waals surface area contributed by atoms with Crippen molar-refractivity contribution in [2.24, 2.45) is 0 Å². The molecule has 1 heterocycles. The van der Waals surface area contributed by atoms with E-state index in [1.807, 2.05) is 42.6 Å². The van der Waals surface area contributed by atoms with E-state index in [2.05, 4.69) is 10.3 Å². The van der Waals surface area contributed by atoms with Gasteiger partial charge in [-0.25, -0.2) is 9.37 Å². The maximum Gasteiger partial charge on any atom is 0.128 e. The van der Waals surface area contributed by atoms with Crippen LogP contribution in [0.15, 0.2) is 53.9 Å². The molecule has 3 aromatic rings. The van der Waals surface area contributed by atoms with E-state index in [0.29, 0.717) is 12.1 Å². The Morgan fingerprint density at radius 1 is 1.14 bits per heavy atom. The Morgan fingerprint density at radius 2 is 2.00 bits per heavy atom. The van der Waals surface area contributed by atoms with Gasteiger partial charge < -0.3 is 5.32 Å². The van der Waals surface area contributed by atoms with Crippen molar-refractivity contribution >= 4 is 17.0 Å². The number of aromatic nitrogens is 1. The molecule has 0 amide bonds. The van der Waals surface area contributed by atoms with E-state index >= 15 is 0 Å². The summed E-state index contributed by atoms with van der Waals surface area (Å²) in [4.78, 5) is 4.49. The molecule has 2 aromatic carbocycles. The summed E-state index contributed by atoms with van der Waals surface area (Å²) in [5.74, 6) is -0.184. The highest BCUT2D eigenvalue weighted by Crippen LogP contribution is 2.24. The van der Waals surface area contributed by atoms with Crippen LogP contribution in [0.25, 0.3) is 11.3 Å². The molecule has 3 rings (SSSR count). The van der Waals surface area contributed by atoms with Crippen LogP contribution in [0.1, 0.15) is 10.6 Å². The Balaban J connectivity index is 1.76. The molecule has 0 aliphatic carbocycles. The summed E-state index contributed by atoms with van der Waals surface area (Å²) in [5.41, 5.74) is 3.67. The van der Waals surface area contributed by atoms with Crippen molar-refractivity contribution in [3.8, 4) is 11.3 Å². The summed E-state index contributed by atoms with van der Waals surface area (Å²) < 4.78 is 13.6. The average Bonchev–Trinajstić information content (AvgIpc) is 2.93. The van der Waals surface area contributed by atoms with Gasteiger partial charge >= 0.3 is 0 Å². The first kappa shape index (κ1) is 13.8. The van der Waals surface area contributed by atoms with Crippen molar-refractivity contribution in [2.75, 3.05) is 5.32 Å². The predicted molar refractivity (Wildman–Crippen MR) is 86.0 cm³/mol. The molecule has 4 heteroatoms. The van der Waals surface area contributed by atoms with Crippen LogP contribution < -0.4 is 5.32 Å². The summed E-state index contributed by atoms with van der Waals surface area (Å²) in [6.07, 6.45) is 0. The second-order valence-corrected chi connectivity index (χ2v) is 5.84. The SMILES string of the molecule is Cc1nc(-c2cccc(NCc3ccccc3F)c2)cs1. The number of halogens is 1. The van der Waals surface area contributed by atoms with Gasteiger partial charge in [0.25, 0.3) is 0 Å². The summed E-state index contributed by atoms with van der Waals surface area (Å²) in [5, 5.41) is 6.35. The number of nitrogens with zero attached hydrogens (tertiary/aromatic N) is 1. The maximum absolute atomic E-state index is 13.6. The summed E-state index contributed by atoms with van der Waals surface area (Å²) in [7, 11) is 0. The zero-order valence-corrected chi connectivity index (χ0v) is 12.5. The van der Waals surface area contributed by atoms with Gasteiger partial charge in [-0.05, 0) is 25.1 Å². The Morgan fingerprint density at radius 3 is 2.76 bits per heavy atom. The molecule has 0 radical (unpaired) electrons. The van der Waals surface area contributed by atoms with Crippen molar-refractivity contribution in [2.45, 2.75) is 13.5 Å². The molecule has 106 valence electrons. The van der Waals surface area contributed by atoms with Gasteiger partial charge in [-0.15, -0.1) is 11.3 Å². The van der Waals surface area contributed by atoms with E-state index in [4.69, 9.17) is 0 Å². The number of hydrogen-bond acceptors (Lipinski definition) is 3. The summed E-state index contributed by atoms with van der Waals surface area (Å²) in [6, 6.07) is 14.8. The molecule has 0 fully saturated rings. The molecule has 0 spiro atoms. The lowest BCUT2D eigenvalue weighted by Gasteiger charge is -2.08. The van der Waals surface area contributed by atoms with Crippen molar-refractivity contribution < 1.29 is 4.39 Å². The summed E-state index contributed by atoms with van der Waals surface area (Å²) in [6.45, 7) is 2.46. The third kappa shape index (κ3) is 3.28. The lowest BCUT2D eigenvalue weighted by molar-refractivity contribution is 0.613. The second kappa shape index (κ2) is 6.06. The average molecular weight is 298 g/mol. The highest BCUT2D eigenvalue weighted by molar-refractivity contribution is 7.09. The monoisotopic (exact) mass is 298 g/mol. The highest BCUT2D eigenvalue weighted by Gasteiger charge is 2.04. The van der Waals surface area contributed by atoms with Crippen LogP contribution >= 0.6 is 11.3 Å². The fourth-order valence-corrected chi connectivity index (χ4v) is 2.75. The molecule has 0 unspecified atom stereocenters. The predicted octanol–water partition coefficient (Wildman–Crippen LogP) is 4.87. The van der Waals surface area contributed by atoms with Crippen LogP contribution in [-0.2, 0) is 6.54 Å².